The van der Waals surface area contributed by atoms with Gasteiger partial charge in [-0.1, -0.05) is 32.4 Å². The molecule has 8 heteroatoms. The molecule has 2 aliphatic rings. The fraction of sp³-hybridized carbons (Fsp3) is 0.538. The molecule has 0 spiro atoms. The molecule has 34 heavy (non-hydrogen) atoms. The van der Waals surface area contributed by atoms with Crippen molar-refractivity contribution in [2.45, 2.75) is 52.2 Å². The number of rotatable bonds is 7. The topological polar surface area (TPSA) is 75.1 Å². The van der Waals surface area contributed by atoms with Gasteiger partial charge in [0.1, 0.15) is 11.9 Å². The molecule has 3 heterocycles. The maximum absolute atomic E-state index is 11.4. The Bertz CT molecular complexity index is 1010. The number of methoxy groups -OCH3 is 1. The Morgan fingerprint density at radius 3 is 2.65 bits per heavy atom. The number of benzene rings is 1. The molecular weight excluding hydrogens is 454 g/mol. The van der Waals surface area contributed by atoms with Gasteiger partial charge in [0, 0.05) is 49.8 Å². The Hall–Kier alpha value is -2.67. The number of ether oxygens (including phenoxy) is 2. The summed E-state index contributed by atoms with van der Waals surface area (Å²) in [6.45, 7) is 9.03. The van der Waals surface area contributed by atoms with Crippen LogP contribution in [0, 0.1) is 11.3 Å². The van der Waals surface area contributed by atoms with E-state index in [1.807, 2.05) is 18.2 Å². The maximum Gasteiger partial charge on any atom is 0.305 e. The zero-order chi connectivity index (χ0) is 24.5. The summed E-state index contributed by atoms with van der Waals surface area (Å²) in [5.74, 6) is 0.947. The molecule has 2 saturated heterocycles. The van der Waals surface area contributed by atoms with Crippen LogP contribution in [0.4, 0.5) is 11.4 Å². The lowest BCUT2D eigenvalue weighted by Gasteiger charge is -2.38. The van der Waals surface area contributed by atoms with Gasteiger partial charge in [-0.2, -0.15) is 0 Å². The van der Waals surface area contributed by atoms with Crippen molar-refractivity contribution in [1.29, 1.82) is 0 Å². The number of nitrogens with zero attached hydrogens (tertiary/aromatic N) is 3. The van der Waals surface area contributed by atoms with Crippen LogP contribution >= 0.6 is 11.6 Å². The number of halogens is 1. The molecule has 1 aromatic heterocycles. The SMILES string of the molecule is COc1cc(N2CCC(Oc3ccc(N4CCC(C)(C)[C@@H]4CC(=O)O)cc3)C(C)C2)c(Cl)cn1. The fourth-order valence-corrected chi connectivity index (χ4v) is 5.41. The van der Waals surface area contributed by atoms with Crippen molar-refractivity contribution in [2.75, 3.05) is 36.5 Å². The first-order chi connectivity index (χ1) is 16.2. The molecule has 184 valence electrons. The number of anilines is 2. The van der Waals surface area contributed by atoms with Crippen molar-refractivity contribution in [1.82, 2.24) is 4.98 Å². The summed E-state index contributed by atoms with van der Waals surface area (Å²) >= 11 is 6.40. The first kappa shape index (κ1) is 24.5. The Morgan fingerprint density at radius 2 is 2.00 bits per heavy atom. The summed E-state index contributed by atoms with van der Waals surface area (Å²) in [6, 6.07) is 9.97. The summed E-state index contributed by atoms with van der Waals surface area (Å²) in [4.78, 5) is 20.1. The normalized spacial score (nSPS) is 24.2. The molecule has 2 aromatic rings. The standard InChI is InChI=1S/C26H34ClN3O4/c1-17-16-29(21-13-24(33-4)28-15-20(21)27)11-9-22(17)34-19-7-5-18(6-8-19)30-12-10-26(2,3)23(30)14-25(31)32/h5-8,13,15,17,22-23H,9-12,14,16H2,1-4H3,(H,31,32)/t17?,22?,23-/m0/s1. The highest BCUT2D eigenvalue weighted by atomic mass is 35.5. The second kappa shape index (κ2) is 9.90. The molecule has 0 saturated carbocycles. The number of piperidine rings is 1. The van der Waals surface area contributed by atoms with Crippen molar-refractivity contribution in [2.24, 2.45) is 11.3 Å². The van der Waals surface area contributed by atoms with Gasteiger partial charge in [-0.15, -0.1) is 0 Å². The third-order valence-electron chi connectivity index (χ3n) is 7.29. The molecule has 1 N–H and O–H groups in total. The Morgan fingerprint density at radius 1 is 1.26 bits per heavy atom. The van der Waals surface area contributed by atoms with Gasteiger partial charge < -0.3 is 24.4 Å². The molecule has 4 rings (SSSR count). The van der Waals surface area contributed by atoms with E-state index in [0.717, 1.165) is 49.6 Å². The lowest BCUT2D eigenvalue weighted by atomic mass is 9.83. The highest BCUT2D eigenvalue weighted by molar-refractivity contribution is 6.33. The van der Waals surface area contributed by atoms with E-state index in [9.17, 15) is 9.90 Å². The van der Waals surface area contributed by atoms with Crippen LogP contribution in [0.25, 0.3) is 0 Å². The number of hydrogen-bond acceptors (Lipinski definition) is 6. The van der Waals surface area contributed by atoms with Crippen LogP contribution in [0.15, 0.2) is 36.5 Å². The number of carboxylic acid groups (broad SMARTS) is 1. The zero-order valence-electron chi connectivity index (χ0n) is 20.3. The number of aromatic nitrogens is 1. The third kappa shape index (κ3) is 5.19. The molecule has 7 nitrogen and oxygen atoms in total. The minimum absolute atomic E-state index is 0.0141. The first-order valence-corrected chi connectivity index (χ1v) is 12.3. The van der Waals surface area contributed by atoms with Gasteiger partial charge in [0.15, 0.2) is 0 Å². The van der Waals surface area contributed by atoms with Crippen LogP contribution in [0.5, 0.6) is 11.6 Å². The second-order valence-electron chi connectivity index (χ2n) is 10.1. The van der Waals surface area contributed by atoms with Gasteiger partial charge in [0.2, 0.25) is 5.88 Å². The van der Waals surface area contributed by atoms with Crippen molar-refractivity contribution >= 4 is 28.9 Å². The summed E-state index contributed by atoms with van der Waals surface area (Å²) in [5.41, 5.74) is 1.96. The molecular formula is C26H34ClN3O4. The number of aliphatic carboxylic acids is 1. The number of carboxylic acids is 1. The molecule has 1 aromatic carbocycles. The molecule has 2 aliphatic heterocycles. The van der Waals surface area contributed by atoms with E-state index in [0.29, 0.717) is 16.8 Å². The lowest BCUT2D eigenvalue weighted by Crippen LogP contribution is -2.44. The average Bonchev–Trinajstić information content (AvgIpc) is 3.09. The van der Waals surface area contributed by atoms with Crippen LogP contribution in [-0.4, -0.2) is 54.9 Å². The van der Waals surface area contributed by atoms with E-state index >= 15 is 0 Å². The van der Waals surface area contributed by atoms with Crippen molar-refractivity contribution in [3.8, 4) is 11.6 Å². The van der Waals surface area contributed by atoms with Crippen LogP contribution in [0.3, 0.4) is 0 Å². The smallest absolute Gasteiger partial charge is 0.305 e. The predicted octanol–water partition coefficient (Wildman–Crippen LogP) is 5.12. The van der Waals surface area contributed by atoms with E-state index in [-0.39, 0.29) is 24.0 Å². The molecule has 2 unspecified atom stereocenters. The first-order valence-electron chi connectivity index (χ1n) is 11.9. The minimum atomic E-state index is -0.753. The lowest BCUT2D eigenvalue weighted by molar-refractivity contribution is -0.137. The van der Waals surface area contributed by atoms with Crippen molar-refractivity contribution < 1.29 is 19.4 Å². The highest BCUT2D eigenvalue weighted by Crippen LogP contribution is 2.41. The second-order valence-corrected chi connectivity index (χ2v) is 10.5. The predicted molar refractivity (Wildman–Crippen MR) is 134 cm³/mol. The zero-order valence-corrected chi connectivity index (χ0v) is 21.1. The summed E-state index contributed by atoms with van der Waals surface area (Å²) in [6.07, 6.45) is 3.74. The molecule has 2 fully saturated rings. The Balaban J connectivity index is 1.39. The molecule has 0 bridgehead atoms. The average molecular weight is 488 g/mol. The fourth-order valence-electron chi connectivity index (χ4n) is 5.19. The molecule has 0 aliphatic carbocycles. The molecule has 3 atom stereocenters. The summed E-state index contributed by atoms with van der Waals surface area (Å²) < 4.78 is 11.6. The quantitative estimate of drug-likeness (QED) is 0.581. The van der Waals surface area contributed by atoms with E-state index in [1.165, 1.54) is 0 Å². The maximum atomic E-state index is 11.4. The Labute approximate surface area is 206 Å². The number of pyridine rings is 1. The van der Waals surface area contributed by atoms with Gasteiger partial charge in [0.05, 0.1) is 30.4 Å². The number of hydrogen-bond donors (Lipinski definition) is 1. The van der Waals surface area contributed by atoms with Crippen LogP contribution in [0.2, 0.25) is 5.02 Å². The van der Waals surface area contributed by atoms with Gasteiger partial charge >= 0.3 is 5.97 Å². The minimum Gasteiger partial charge on any atom is -0.490 e. The van der Waals surface area contributed by atoms with Gasteiger partial charge in [0.25, 0.3) is 0 Å². The number of carbonyl (C=O) groups is 1. The Kier molecular flexibility index (Phi) is 7.12. The highest BCUT2D eigenvalue weighted by Gasteiger charge is 2.41. The van der Waals surface area contributed by atoms with E-state index < -0.39 is 5.97 Å². The van der Waals surface area contributed by atoms with Crippen molar-refractivity contribution in [3.63, 3.8) is 0 Å². The van der Waals surface area contributed by atoms with Gasteiger partial charge in [-0.3, -0.25) is 4.79 Å². The molecule has 0 radical (unpaired) electrons. The van der Waals surface area contributed by atoms with Crippen LogP contribution in [-0.2, 0) is 4.79 Å². The largest absolute Gasteiger partial charge is 0.490 e. The van der Waals surface area contributed by atoms with E-state index in [4.69, 9.17) is 21.1 Å². The summed E-state index contributed by atoms with van der Waals surface area (Å²) in [7, 11) is 1.60. The third-order valence-corrected chi connectivity index (χ3v) is 7.58. The van der Waals surface area contributed by atoms with Gasteiger partial charge in [-0.05, 0) is 36.1 Å². The monoisotopic (exact) mass is 487 g/mol. The van der Waals surface area contributed by atoms with Crippen LogP contribution in [0.1, 0.15) is 40.0 Å². The summed E-state index contributed by atoms with van der Waals surface area (Å²) in [5, 5.41) is 10.0. The van der Waals surface area contributed by atoms with Crippen molar-refractivity contribution in [3.05, 3.63) is 41.6 Å². The molecule has 0 amide bonds. The van der Waals surface area contributed by atoms with E-state index in [2.05, 4.69) is 47.7 Å². The van der Waals surface area contributed by atoms with E-state index in [1.54, 1.807) is 13.3 Å². The van der Waals surface area contributed by atoms with Crippen LogP contribution < -0.4 is 19.3 Å². The van der Waals surface area contributed by atoms with Gasteiger partial charge in [-0.25, -0.2) is 4.98 Å².